The first-order valence-electron chi connectivity index (χ1n) is 7.62. The van der Waals surface area contributed by atoms with Gasteiger partial charge in [0.25, 0.3) is 0 Å². The molecule has 124 valence electrons. The van der Waals surface area contributed by atoms with Gasteiger partial charge >= 0.3 is 0 Å². The van der Waals surface area contributed by atoms with E-state index in [1.165, 1.54) is 0 Å². The van der Waals surface area contributed by atoms with Gasteiger partial charge in [-0.3, -0.25) is 4.72 Å². The van der Waals surface area contributed by atoms with Gasteiger partial charge in [0, 0.05) is 47.0 Å². The van der Waals surface area contributed by atoms with Gasteiger partial charge in [0.15, 0.2) is 5.13 Å². The number of nitrogens with zero attached hydrogens (tertiary/aromatic N) is 2. The smallest absolute Gasteiger partial charge is 0.185 e. The van der Waals surface area contributed by atoms with Gasteiger partial charge in [-0.05, 0) is 44.9 Å². The second-order valence-corrected chi connectivity index (χ2v) is 8.74. The van der Waals surface area contributed by atoms with Crippen molar-refractivity contribution in [1.29, 1.82) is 0 Å². The molecule has 1 aliphatic rings. The minimum absolute atomic E-state index is 0.0270. The molecule has 3 rings (SSSR count). The average Bonchev–Trinajstić information content (AvgIpc) is 2.90. The lowest BCUT2D eigenvalue weighted by atomic mass is 10.1. The molecule has 1 aromatic carbocycles. The summed E-state index contributed by atoms with van der Waals surface area (Å²) >= 11 is 3.32. The molecule has 0 saturated carbocycles. The van der Waals surface area contributed by atoms with Gasteiger partial charge in [-0.25, -0.2) is 4.98 Å². The van der Waals surface area contributed by atoms with Crippen molar-refractivity contribution in [1.82, 2.24) is 9.71 Å². The third-order valence-electron chi connectivity index (χ3n) is 3.41. The molecule has 5 nitrogen and oxygen atoms in total. The first-order chi connectivity index (χ1) is 10.8. The van der Waals surface area contributed by atoms with E-state index in [2.05, 4.69) is 41.4 Å². The molecule has 7 heteroatoms. The Balaban J connectivity index is 1.84. The summed E-state index contributed by atoms with van der Waals surface area (Å²) in [6, 6.07) is 6.30. The number of thiazole rings is 1. The van der Waals surface area contributed by atoms with Gasteiger partial charge in [-0.2, -0.15) is 0 Å². The van der Waals surface area contributed by atoms with Crippen molar-refractivity contribution in [2.75, 3.05) is 23.7 Å². The van der Waals surface area contributed by atoms with Crippen LogP contribution in [0.2, 0.25) is 0 Å². The molecule has 1 aliphatic heterocycles. The SMILES string of the molecule is CC(C)(C)NSc1cc(N)ccc1-c1cnc(N2CC(N)C2)s1. The highest BCUT2D eigenvalue weighted by Crippen LogP contribution is 2.38. The highest BCUT2D eigenvalue weighted by atomic mass is 32.2. The molecule has 0 spiro atoms. The summed E-state index contributed by atoms with van der Waals surface area (Å²) in [5.74, 6) is 0. The van der Waals surface area contributed by atoms with Crippen molar-refractivity contribution < 1.29 is 0 Å². The Morgan fingerprint density at radius 2 is 2.09 bits per heavy atom. The number of rotatable bonds is 4. The Morgan fingerprint density at radius 3 is 2.74 bits per heavy atom. The van der Waals surface area contributed by atoms with Crippen molar-refractivity contribution >= 4 is 34.1 Å². The van der Waals surface area contributed by atoms with E-state index < -0.39 is 0 Å². The summed E-state index contributed by atoms with van der Waals surface area (Å²) < 4.78 is 3.45. The van der Waals surface area contributed by atoms with Crippen LogP contribution in [0.25, 0.3) is 10.4 Å². The maximum absolute atomic E-state index is 5.97. The normalized spacial score (nSPS) is 15.7. The second-order valence-electron chi connectivity index (χ2n) is 6.88. The Kier molecular flexibility index (Phi) is 4.55. The largest absolute Gasteiger partial charge is 0.399 e. The topological polar surface area (TPSA) is 80.2 Å². The van der Waals surface area contributed by atoms with Crippen molar-refractivity contribution in [3.63, 3.8) is 0 Å². The van der Waals surface area contributed by atoms with Crippen LogP contribution in [0.15, 0.2) is 29.3 Å². The van der Waals surface area contributed by atoms with Crippen LogP contribution in [-0.2, 0) is 0 Å². The Labute approximate surface area is 145 Å². The molecule has 1 saturated heterocycles. The van der Waals surface area contributed by atoms with Crippen molar-refractivity contribution in [3.8, 4) is 10.4 Å². The number of hydrogen-bond acceptors (Lipinski definition) is 7. The number of nitrogens with one attached hydrogen (secondary N) is 1. The van der Waals surface area contributed by atoms with E-state index >= 15 is 0 Å². The molecular weight excluding hydrogens is 326 g/mol. The van der Waals surface area contributed by atoms with Gasteiger partial charge in [0.2, 0.25) is 0 Å². The molecule has 0 radical (unpaired) electrons. The Bertz CT molecular complexity index is 686. The van der Waals surface area contributed by atoms with Gasteiger partial charge < -0.3 is 16.4 Å². The Hall–Kier alpha value is -1.28. The fourth-order valence-electron chi connectivity index (χ4n) is 2.24. The van der Waals surface area contributed by atoms with Crippen LogP contribution >= 0.6 is 23.3 Å². The number of aromatic nitrogens is 1. The van der Waals surface area contributed by atoms with Crippen molar-refractivity contribution in [2.24, 2.45) is 5.73 Å². The second kappa shape index (κ2) is 6.32. The van der Waals surface area contributed by atoms with Crippen molar-refractivity contribution in [2.45, 2.75) is 37.2 Å². The van der Waals surface area contributed by atoms with Crippen LogP contribution < -0.4 is 21.1 Å². The van der Waals surface area contributed by atoms with Crippen LogP contribution in [0.3, 0.4) is 0 Å². The first kappa shape index (κ1) is 16.6. The highest BCUT2D eigenvalue weighted by Gasteiger charge is 2.26. The maximum Gasteiger partial charge on any atom is 0.185 e. The minimum atomic E-state index is 0.0270. The fourth-order valence-corrected chi connectivity index (χ4v) is 4.18. The zero-order chi connectivity index (χ0) is 16.6. The summed E-state index contributed by atoms with van der Waals surface area (Å²) in [6.07, 6.45) is 1.94. The predicted octanol–water partition coefficient (Wildman–Crippen LogP) is 2.93. The molecule has 1 fully saturated rings. The maximum atomic E-state index is 5.97. The lowest BCUT2D eigenvalue weighted by Gasteiger charge is -2.36. The summed E-state index contributed by atoms with van der Waals surface area (Å²) in [5, 5.41) is 1.04. The highest BCUT2D eigenvalue weighted by molar-refractivity contribution is 7.97. The standard InChI is InChI=1S/C16H23N5S2/c1-16(2,3)20-23-13-6-10(17)4-5-12(13)14-7-19-15(22-14)21-8-11(18)9-21/h4-7,11,20H,8-9,17-18H2,1-3H3. The van der Waals surface area contributed by atoms with Gasteiger partial charge in [-0.1, -0.05) is 17.4 Å². The van der Waals surface area contributed by atoms with E-state index in [9.17, 15) is 0 Å². The molecule has 2 aromatic rings. The lowest BCUT2D eigenvalue weighted by Crippen LogP contribution is -2.55. The number of nitrogen functional groups attached to an aromatic ring is 1. The quantitative estimate of drug-likeness (QED) is 0.582. The van der Waals surface area contributed by atoms with E-state index in [-0.39, 0.29) is 11.6 Å². The van der Waals surface area contributed by atoms with Gasteiger partial charge in [0.05, 0.1) is 4.88 Å². The summed E-state index contributed by atoms with van der Waals surface area (Å²) in [6.45, 7) is 8.21. The molecule has 0 bridgehead atoms. The molecule has 0 amide bonds. The van der Waals surface area contributed by atoms with Gasteiger partial charge in [-0.15, -0.1) is 0 Å². The molecule has 0 unspecified atom stereocenters. The lowest BCUT2D eigenvalue weighted by molar-refractivity contribution is 0.518. The third-order valence-corrected chi connectivity index (χ3v) is 5.78. The van der Waals surface area contributed by atoms with E-state index in [0.29, 0.717) is 0 Å². The fraction of sp³-hybridized carbons (Fsp3) is 0.438. The van der Waals surface area contributed by atoms with E-state index in [0.717, 1.165) is 39.2 Å². The zero-order valence-electron chi connectivity index (χ0n) is 13.7. The molecule has 1 aromatic heterocycles. The molecule has 23 heavy (non-hydrogen) atoms. The third kappa shape index (κ3) is 3.98. The monoisotopic (exact) mass is 349 g/mol. The first-order valence-corrected chi connectivity index (χ1v) is 9.25. The van der Waals surface area contributed by atoms with Crippen LogP contribution in [0.5, 0.6) is 0 Å². The molecule has 5 N–H and O–H groups in total. The van der Waals surface area contributed by atoms with E-state index in [1.54, 1.807) is 23.3 Å². The molecule has 0 atom stereocenters. The summed E-state index contributed by atoms with van der Waals surface area (Å²) in [4.78, 5) is 9.04. The van der Waals surface area contributed by atoms with Crippen LogP contribution in [-0.4, -0.2) is 29.7 Å². The predicted molar refractivity (Wildman–Crippen MR) is 101 cm³/mol. The average molecular weight is 350 g/mol. The summed E-state index contributed by atoms with van der Waals surface area (Å²) in [5.41, 5.74) is 13.8. The Morgan fingerprint density at radius 1 is 1.35 bits per heavy atom. The molecular formula is C16H23N5S2. The number of hydrogen-bond donors (Lipinski definition) is 3. The van der Waals surface area contributed by atoms with Gasteiger partial charge in [0.1, 0.15) is 0 Å². The van der Waals surface area contributed by atoms with Crippen LogP contribution in [0.1, 0.15) is 20.8 Å². The van der Waals surface area contributed by atoms with Crippen molar-refractivity contribution in [3.05, 3.63) is 24.4 Å². The molecule has 0 aliphatic carbocycles. The van der Waals surface area contributed by atoms with E-state index in [4.69, 9.17) is 11.5 Å². The van der Waals surface area contributed by atoms with E-state index in [1.807, 2.05) is 18.3 Å². The summed E-state index contributed by atoms with van der Waals surface area (Å²) in [7, 11) is 0. The molecule has 2 heterocycles. The van der Waals surface area contributed by atoms with Crippen LogP contribution in [0, 0.1) is 0 Å². The zero-order valence-corrected chi connectivity index (χ0v) is 15.3. The number of nitrogens with two attached hydrogens (primary N) is 2. The number of anilines is 2. The minimum Gasteiger partial charge on any atom is -0.399 e. The van der Waals surface area contributed by atoms with Crippen LogP contribution in [0.4, 0.5) is 10.8 Å². The number of benzene rings is 1.